The molecule has 0 aliphatic heterocycles. The van der Waals surface area contributed by atoms with E-state index in [0.29, 0.717) is 12.5 Å². The number of ether oxygens (including phenoxy) is 2. The summed E-state index contributed by atoms with van der Waals surface area (Å²) in [5, 5.41) is 6.48. The third-order valence-corrected chi connectivity index (χ3v) is 5.93. The molecule has 0 aliphatic carbocycles. The summed E-state index contributed by atoms with van der Waals surface area (Å²) in [5.74, 6) is 2.23. The number of thiazole rings is 1. The highest BCUT2D eigenvalue weighted by Crippen LogP contribution is 2.22. The van der Waals surface area contributed by atoms with Crippen LogP contribution in [-0.4, -0.2) is 50.2 Å². The summed E-state index contributed by atoms with van der Waals surface area (Å²) in [4.78, 5) is 11.6. The van der Waals surface area contributed by atoms with E-state index in [1.807, 2.05) is 26.1 Å². The number of aromatic nitrogens is 1. The van der Waals surface area contributed by atoms with Crippen LogP contribution in [0.3, 0.4) is 0 Å². The molecule has 0 spiro atoms. The molecule has 1 N–H and O–H groups in total. The van der Waals surface area contributed by atoms with Gasteiger partial charge in [-0.1, -0.05) is 19.1 Å². The number of hydrogen-bond donors (Lipinski definition) is 1. The summed E-state index contributed by atoms with van der Waals surface area (Å²) in [7, 11) is 5.45. The second-order valence-corrected chi connectivity index (χ2v) is 8.00. The van der Waals surface area contributed by atoms with E-state index in [0.717, 1.165) is 41.9 Å². The van der Waals surface area contributed by atoms with Gasteiger partial charge in [0, 0.05) is 32.6 Å². The third-order valence-electron chi connectivity index (χ3n) is 4.87. The normalized spacial score (nSPS) is 13.8. The van der Waals surface area contributed by atoms with E-state index in [-0.39, 0.29) is 6.10 Å². The topological polar surface area (TPSA) is 59.0 Å². The average molecular weight is 419 g/mol. The first-order valence-electron chi connectivity index (χ1n) is 10.1. The fraction of sp³-hybridized carbons (Fsp3) is 0.545. The summed E-state index contributed by atoms with van der Waals surface area (Å²) in [6.45, 7) is 8.66. The lowest BCUT2D eigenvalue weighted by atomic mass is 9.98. The van der Waals surface area contributed by atoms with Crippen molar-refractivity contribution < 1.29 is 9.47 Å². The molecule has 1 aromatic carbocycles. The smallest absolute Gasteiger partial charge is 0.194 e. The molecule has 6 nitrogen and oxygen atoms in total. The first-order valence-corrected chi connectivity index (χ1v) is 11.0. The van der Waals surface area contributed by atoms with E-state index in [1.165, 1.54) is 5.56 Å². The highest BCUT2D eigenvalue weighted by atomic mass is 32.1. The monoisotopic (exact) mass is 418 g/mol. The van der Waals surface area contributed by atoms with Crippen molar-refractivity contribution in [2.45, 2.75) is 45.8 Å². The van der Waals surface area contributed by atoms with Crippen molar-refractivity contribution in [1.82, 2.24) is 15.2 Å². The van der Waals surface area contributed by atoms with Gasteiger partial charge >= 0.3 is 0 Å². The van der Waals surface area contributed by atoms with Crippen molar-refractivity contribution >= 4 is 17.3 Å². The van der Waals surface area contributed by atoms with Gasteiger partial charge < -0.3 is 19.7 Å². The summed E-state index contributed by atoms with van der Waals surface area (Å²) in [6, 6.07) is 8.29. The molecule has 2 aromatic rings. The molecule has 160 valence electrons. The Hall–Kier alpha value is -2.12. The molecule has 0 saturated carbocycles. The lowest BCUT2D eigenvalue weighted by molar-refractivity contribution is 0.119. The number of aliphatic imine (C=N–C) groups is 1. The van der Waals surface area contributed by atoms with Crippen LogP contribution in [0, 0.1) is 0 Å². The predicted octanol–water partition coefficient (Wildman–Crippen LogP) is 4.45. The molecule has 0 amide bonds. The van der Waals surface area contributed by atoms with Crippen molar-refractivity contribution in [3.05, 3.63) is 45.9 Å². The van der Waals surface area contributed by atoms with Crippen molar-refractivity contribution in [2.24, 2.45) is 4.99 Å². The van der Waals surface area contributed by atoms with Gasteiger partial charge in [-0.15, -0.1) is 11.3 Å². The van der Waals surface area contributed by atoms with Gasteiger partial charge in [-0.3, -0.25) is 4.99 Å². The molecule has 2 unspecified atom stereocenters. The van der Waals surface area contributed by atoms with E-state index in [1.54, 1.807) is 25.6 Å². The minimum atomic E-state index is 0.0282. The van der Waals surface area contributed by atoms with Crippen LogP contribution in [0.25, 0.3) is 0 Å². The maximum Gasteiger partial charge on any atom is 0.194 e. The number of benzene rings is 1. The van der Waals surface area contributed by atoms with Crippen molar-refractivity contribution in [1.29, 1.82) is 0 Å². The Bertz CT molecular complexity index is 760. The molecule has 0 saturated heterocycles. The standard InChI is InChI=1S/C22H34N4O2S/c1-7-23-22(26(4)14-19-15-29-21(25-19)17(3)27-5)24-13-12-16(2)18-8-10-20(28-6)11-9-18/h8-11,15-17H,7,12-14H2,1-6H3,(H,23,24). The van der Waals surface area contributed by atoms with Gasteiger partial charge in [-0.05, 0) is 43.9 Å². The average Bonchev–Trinajstić information content (AvgIpc) is 3.20. The van der Waals surface area contributed by atoms with Gasteiger partial charge in [-0.25, -0.2) is 4.98 Å². The summed E-state index contributed by atoms with van der Waals surface area (Å²) in [5.41, 5.74) is 2.34. The Kier molecular flexibility index (Phi) is 9.41. The Morgan fingerprint density at radius 3 is 2.59 bits per heavy atom. The molecule has 1 aromatic heterocycles. The van der Waals surface area contributed by atoms with E-state index in [2.05, 4.69) is 46.6 Å². The van der Waals surface area contributed by atoms with Gasteiger partial charge in [0.2, 0.25) is 0 Å². The molecular weight excluding hydrogens is 384 g/mol. The Balaban J connectivity index is 1.94. The van der Waals surface area contributed by atoms with Crippen LogP contribution in [0.5, 0.6) is 5.75 Å². The zero-order valence-corrected chi connectivity index (χ0v) is 19.3. The number of hydrogen-bond acceptors (Lipinski definition) is 5. The molecule has 0 fully saturated rings. The largest absolute Gasteiger partial charge is 0.497 e. The first-order chi connectivity index (χ1) is 14.0. The summed E-state index contributed by atoms with van der Waals surface area (Å²) >= 11 is 1.64. The van der Waals surface area contributed by atoms with Crippen molar-refractivity contribution in [3.63, 3.8) is 0 Å². The number of nitrogens with zero attached hydrogens (tertiary/aromatic N) is 3. The van der Waals surface area contributed by atoms with Gasteiger partial charge in [0.25, 0.3) is 0 Å². The Morgan fingerprint density at radius 1 is 1.24 bits per heavy atom. The molecule has 0 aliphatic rings. The van der Waals surface area contributed by atoms with Gasteiger partial charge in [-0.2, -0.15) is 0 Å². The SMILES string of the molecule is CCNC(=NCCC(C)c1ccc(OC)cc1)N(C)Cc1csc(C(C)OC)n1. The van der Waals surface area contributed by atoms with Crippen molar-refractivity contribution in [2.75, 3.05) is 34.4 Å². The number of guanidine groups is 1. The molecule has 0 radical (unpaired) electrons. The van der Waals surface area contributed by atoms with Crippen LogP contribution in [0.2, 0.25) is 0 Å². The maximum absolute atomic E-state index is 5.36. The number of nitrogens with one attached hydrogen (secondary N) is 1. The fourth-order valence-corrected chi connectivity index (χ4v) is 3.78. The van der Waals surface area contributed by atoms with E-state index < -0.39 is 0 Å². The minimum Gasteiger partial charge on any atom is -0.497 e. The van der Waals surface area contributed by atoms with Gasteiger partial charge in [0.05, 0.1) is 19.3 Å². The second kappa shape index (κ2) is 11.8. The summed E-state index contributed by atoms with van der Waals surface area (Å²) in [6.07, 6.45) is 1.02. The number of methoxy groups -OCH3 is 2. The highest BCUT2D eigenvalue weighted by molar-refractivity contribution is 7.09. The van der Waals surface area contributed by atoms with Crippen LogP contribution >= 0.6 is 11.3 Å². The van der Waals surface area contributed by atoms with E-state index in [4.69, 9.17) is 14.5 Å². The lowest BCUT2D eigenvalue weighted by Gasteiger charge is -2.21. The molecule has 0 bridgehead atoms. The van der Waals surface area contributed by atoms with Crippen LogP contribution in [0.1, 0.15) is 55.5 Å². The summed E-state index contributed by atoms with van der Waals surface area (Å²) < 4.78 is 10.6. The second-order valence-electron chi connectivity index (χ2n) is 7.11. The molecule has 2 atom stereocenters. The zero-order valence-electron chi connectivity index (χ0n) is 18.4. The molecule has 7 heteroatoms. The quantitative estimate of drug-likeness (QED) is 0.456. The van der Waals surface area contributed by atoms with Gasteiger partial charge in [0.1, 0.15) is 16.9 Å². The molecule has 2 rings (SSSR count). The zero-order chi connectivity index (χ0) is 21.2. The highest BCUT2D eigenvalue weighted by Gasteiger charge is 2.13. The minimum absolute atomic E-state index is 0.0282. The van der Waals surface area contributed by atoms with Crippen LogP contribution < -0.4 is 10.1 Å². The van der Waals surface area contributed by atoms with Gasteiger partial charge in [0.15, 0.2) is 5.96 Å². The molecule has 1 heterocycles. The molecule has 29 heavy (non-hydrogen) atoms. The van der Waals surface area contributed by atoms with Crippen LogP contribution in [0.15, 0.2) is 34.6 Å². The van der Waals surface area contributed by atoms with E-state index in [9.17, 15) is 0 Å². The first kappa shape index (κ1) is 23.2. The van der Waals surface area contributed by atoms with Crippen molar-refractivity contribution in [3.8, 4) is 5.75 Å². The maximum atomic E-state index is 5.36. The lowest BCUT2D eigenvalue weighted by Crippen LogP contribution is -2.38. The van der Waals surface area contributed by atoms with Crippen LogP contribution in [0.4, 0.5) is 0 Å². The van der Waals surface area contributed by atoms with Crippen LogP contribution in [-0.2, 0) is 11.3 Å². The van der Waals surface area contributed by atoms with E-state index >= 15 is 0 Å². The number of rotatable bonds is 10. The third kappa shape index (κ3) is 7.01. The molecular formula is C22H34N4O2S. The Labute approximate surface area is 179 Å². The fourth-order valence-electron chi connectivity index (χ4n) is 2.93. The Morgan fingerprint density at radius 2 is 1.97 bits per heavy atom. The predicted molar refractivity (Wildman–Crippen MR) is 121 cm³/mol.